The molecule has 2 rings (SSSR count). The molecule has 24 heavy (non-hydrogen) atoms. The quantitative estimate of drug-likeness (QED) is 0.803. The molecule has 0 aromatic heterocycles. The fourth-order valence-corrected chi connectivity index (χ4v) is 2.23. The molecule has 0 spiro atoms. The summed E-state index contributed by atoms with van der Waals surface area (Å²) >= 11 is 5.94. The van der Waals surface area contributed by atoms with Crippen molar-refractivity contribution in [1.29, 1.82) is 0 Å². The molecule has 0 aliphatic heterocycles. The number of amides is 1. The summed E-state index contributed by atoms with van der Waals surface area (Å²) in [6, 6.07) is 11.6. The van der Waals surface area contributed by atoms with Crippen LogP contribution in [0.5, 0.6) is 11.5 Å². The van der Waals surface area contributed by atoms with E-state index in [9.17, 15) is 9.59 Å². The molecule has 0 aliphatic carbocycles. The Kier molecular flexibility index (Phi) is 5.82. The number of nitrogens with one attached hydrogen (secondary N) is 1. The van der Waals surface area contributed by atoms with Crippen LogP contribution in [-0.4, -0.2) is 24.9 Å². The second-order valence-corrected chi connectivity index (χ2v) is 5.61. The molecule has 1 atom stereocenters. The number of hydrogen-bond acceptors (Lipinski definition) is 4. The molecule has 1 N–H and O–H groups in total. The number of hydrogen-bond donors (Lipinski definition) is 1. The van der Waals surface area contributed by atoms with E-state index in [0.717, 1.165) is 0 Å². The number of carbonyl (C=O) groups excluding carboxylic acids is 2. The summed E-state index contributed by atoms with van der Waals surface area (Å²) in [5.41, 5.74) is 0.986. The van der Waals surface area contributed by atoms with E-state index < -0.39 is 6.10 Å². The molecule has 0 aliphatic rings. The van der Waals surface area contributed by atoms with Crippen molar-refractivity contribution in [3.8, 4) is 11.5 Å². The fourth-order valence-electron chi connectivity index (χ4n) is 2.06. The van der Waals surface area contributed by atoms with Crippen LogP contribution in [0.4, 0.5) is 5.69 Å². The van der Waals surface area contributed by atoms with Gasteiger partial charge in [0.15, 0.2) is 11.9 Å². The molecule has 2 aromatic rings. The van der Waals surface area contributed by atoms with Gasteiger partial charge in [-0.2, -0.15) is 0 Å². The van der Waals surface area contributed by atoms with Crippen LogP contribution in [0.15, 0.2) is 42.5 Å². The summed E-state index contributed by atoms with van der Waals surface area (Å²) < 4.78 is 10.8. The predicted octanol–water partition coefficient (Wildman–Crippen LogP) is 3.96. The average Bonchev–Trinajstić information content (AvgIpc) is 2.55. The predicted molar refractivity (Wildman–Crippen MR) is 93.2 cm³/mol. The van der Waals surface area contributed by atoms with E-state index in [1.54, 1.807) is 49.4 Å². The number of halogens is 1. The zero-order chi connectivity index (χ0) is 17.7. The van der Waals surface area contributed by atoms with Crippen LogP contribution in [0, 0.1) is 0 Å². The first kappa shape index (κ1) is 17.8. The van der Waals surface area contributed by atoms with E-state index >= 15 is 0 Å². The molecule has 0 saturated heterocycles. The normalized spacial score (nSPS) is 11.5. The molecule has 126 valence electrons. The number of benzene rings is 2. The minimum Gasteiger partial charge on any atom is -0.495 e. The summed E-state index contributed by atoms with van der Waals surface area (Å²) in [6.45, 7) is 3.09. The first-order chi connectivity index (χ1) is 11.4. The van der Waals surface area contributed by atoms with E-state index in [2.05, 4.69) is 5.32 Å². The van der Waals surface area contributed by atoms with Crippen molar-refractivity contribution in [2.24, 2.45) is 0 Å². The highest BCUT2D eigenvalue weighted by Gasteiger charge is 2.17. The van der Waals surface area contributed by atoms with Crippen LogP contribution in [0.25, 0.3) is 0 Å². The van der Waals surface area contributed by atoms with Crippen LogP contribution >= 0.6 is 11.6 Å². The minimum atomic E-state index is -0.768. The van der Waals surface area contributed by atoms with E-state index in [4.69, 9.17) is 21.1 Å². The SMILES string of the molecule is COc1ccc(Cl)cc1NC(=O)C(C)Oc1cccc(C(C)=O)c1. The maximum absolute atomic E-state index is 12.3. The van der Waals surface area contributed by atoms with Gasteiger partial charge >= 0.3 is 0 Å². The number of methoxy groups -OCH3 is 1. The number of anilines is 1. The monoisotopic (exact) mass is 347 g/mol. The molecule has 0 fully saturated rings. The minimum absolute atomic E-state index is 0.0683. The van der Waals surface area contributed by atoms with Gasteiger partial charge in [-0.3, -0.25) is 9.59 Å². The summed E-state index contributed by atoms with van der Waals surface area (Å²) in [6.07, 6.45) is -0.768. The Morgan fingerprint density at radius 3 is 2.58 bits per heavy atom. The molecule has 5 nitrogen and oxygen atoms in total. The summed E-state index contributed by atoms with van der Waals surface area (Å²) in [5, 5.41) is 3.20. The van der Waals surface area contributed by atoms with E-state index in [-0.39, 0.29) is 11.7 Å². The molecule has 6 heteroatoms. The van der Waals surface area contributed by atoms with Gasteiger partial charge in [0, 0.05) is 10.6 Å². The molecule has 0 saturated carbocycles. The van der Waals surface area contributed by atoms with Gasteiger partial charge in [0.25, 0.3) is 5.91 Å². The maximum Gasteiger partial charge on any atom is 0.265 e. The lowest BCUT2D eigenvalue weighted by molar-refractivity contribution is -0.122. The largest absolute Gasteiger partial charge is 0.495 e. The zero-order valence-electron chi connectivity index (χ0n) is 13.6. The van der Waals surface area contributed by atoms with Crippen molar-refractivity contribution >= 4 is 29.0 Å². The van der Waals surface area contributed by atoms with Gasteiger partial charge in [-0.15, -0.1) is 0 Å². The Hall–Kier alpha value is -2.53. The molecule has 1 unspecified atom stereocenters. The summed E-state index contributed by atoms with van der Waals surface area (Å²) in [5.74, 6) is 0.520. The number of rotatable bonds is 6. The Balaban J connectivity index is 2.09. The standard InChI is InChI=1S/C18H18ClNO4/c1-11(21)13-5-4-6-15(9-13)24-12(2)18(22)20-16-10-14(19)7-8-17(16)23-3/h4-10,12H,1-3H3,(H,20,22). The topological polar surface area (TPSA) is 64.6 Å². The lowest BCUT2D eigenvalue weighted by Gasteiger charge is -2.16. The second-order valence-electron chi connectivity index (χ2n) is 5.18. The van der Waals surface area contributed by atoms with E-state index in [0.29, 0.717) is 27.8 Å². The van der Waals surface area contributed by atoms with Crippen LogP contribution in [-0.2, 0) is 4.79 Å². The molecule has 0 heterocycles. The van der Waals surface area contributed by atoms with Crippen molar-refractivity contribution in [2.45, 2.75) is 20.0 Å². The summed E-state index contributed by atoms with van der Waals surface area (Å²) in [4.78, 5) is 23.7. The lowest BCUT2D eigenvalue weighted by Crippen LogP contribution is -2.30. The first-order valence-electron chi connectivity index (χ1n) is 7.32. The Bertz CT molecular complexity index is 760. The van der Waals surface area contributed by atoms with Gasteiger partial charge in [0.1, 0.15) is 11.5 Å². The van der Waals surface area contributed by atoms with E-state index in [1.165, 1.54) is 14.0 Å². The molecular formula is C18H18ClNO4. The van der Waals surface area contributed by atoms with Gasteiger partial charge < -0.3 is 14.8 Å². The van der Waals surface area contributed by atoms with Gasteiger partial charge in [-0.05, 0) is 44.2 Å². The molecule has 0 bridgehead atoms. The second kappa shape index (κ2) is 7.84. The number of carbonyl (C=O) groups is 2. The van der Waals surface area contributed by atoms with Gasteiger partial charge in [0.2, 0.25) is 0 Å². The Morgan fingerprint density at radius 1 is 1.17 bits per heavy atom. The summed E-state index contributed by atoms with van der Waals surface area (Å²) in [7, 11) is 1.51. The zero-order valence-corrected chi connectivity index (χ0v) is 14.4. The van der Waals surface area contributed by atoms with Crippen LogP contribution in [0.2, 0.25) is 5.02 Å². The number of ether oxygens (including phenoxy) is 2. The number of Topliss-reactive ketones (excluding diaryl/α,β-unsaturated/α-hetero) is 1. The average molecular weight is 348 g/mol. The Labute approximate surface area is 145 Å². The molecule has 1 amide bonds. The number of ketones is 1. The van der Waals surface area contributed by atoms with Gasteiger partial charge in [0.05, 0.1) is 12.8 Å². The fraction of sp³-hybridized carbons (Fsp3) is 0.222. The lowest BCUT2D eigenvalue weighted by atomic mass is 10.1. The van der Waals surface area contributed by atoms with Crippen LogP contribution in [0.1, 0.15) is 24.2 Å². The highest BCUT2D eigenvalue weighted by atomic mass is 35.5. The van der Waals surface area contributed by atoms with Crippen molar-refractivity contribution < 1.29 is 19.1 Å². The highest BCUT2D eigenvalue weighted by Crippen LogP contribution is 2.28. The maximum atomic E-state index is 12.3. The smallest absolute Gasteiger partial charge is 0.265 e. The highest BCUT2D eigenvalue weighted by molar-refractivity contribution is 6.31. The van der Waals surface area contributed by atoms with Gasteiger partial charge in [-0.25, -0.2) is 0 Å². The molecule has 0 radical (unpaired) electrons. The van der Waals surface area contributed by atoms with E-state index in [1.807, 2.05) is 0 Å². The van der Waals surface area contributed by atoms with Crippen molar-refractivity contribution in [1.82, 2.24) is 0 Å². The van der Waals surface area contributed by atoms with Crippen LogP contribution < -0.4 is 14.8 Å². The van der Waals surface area contributed by atoms with Crippen molar-refractivity contribution in [2.75, 3.05) is 12.4 Å². The van der Waals surface area contributed by atoms with Crippen LogP contribution in [0.3, 0.4) is 0 Å². The first-order valence-corrected chi connectivity index (χ1v) is 7.70. The molecule has 2 aromatic carbocycles. The Morgan fingerprint density at radius 2 is 1.92 bits per heavy atom. The van der Waals surface area contributed by atoms with Crippen molar-refractivity contribution in [3.63, 3.8) is 0 Å². The third-order valence-corrected chi connectivity index (χ3v) is 3.58. The molecular weight excluding hydrogens is 330 g/mol. The van der Waals surface area contributed by atoms with Crippen molar-refractivity contribution in [3.05, 3.63) is 53.1 Å². The third-order valence-electron chi connectivity index (χ3n) is 3.34. The van der Waals surface area contributed by atoms with Gasteiger partial charge in [-0.1, -0.05) is 23.7 Å². The third kappa shape index (κ3) is 4.49.